The van der Waals surface area contributed by atoms with Gasteiger partial charge in [0.15, 0.2) is 0 Å². The molecule has 102 valence electrons. The van der Waals surface area contributed by atoms with Crippen molar-refractivity contribution < 1.29 is 9.90 Å². The maximum atomic E-state index is 11.8. The number of thiophene rings is 1. The number of nitrogens with one attached hydrogen (secondary N) is 1. The Bertz CT molecular complexity index is 626. The standard InChI is InChI=1S/C15H14N2O2S/c18-8-4-2-5-12-9-13(20-11-12)10-17-15(19)14-6-1-3-7-16-14/h1,3,6-7,9,11,18H,4,8,10H2,(H,17,19). The fourth-order valence-electron chi connectivity index (χ4n) is 1.51. The molecule has 2 rings (SSSR count). The van der Waals surface area contributed by atoms with Gasteiger partial charge in [0.2, 0.25) is 0 Å². The molecule has 2 aromatic heterocycles. The lowest BCUT2D eigenvalue weighted by molar-refractivity contribution is 0.0946. The quantitative estimate of drug-likeness (QED) is 0.843. The molecule has 0 saturated heterocycles. The predicted octanol–water partition coefficient (Wildman–Crippen LogP) is 1.81. The summed E-state index contributed by atoms with van der Waals surface area (Å²) in [7, 11) is 0. The van der Waals surface area contributed by atoms with E-state index in [1.807, 2.05) is 11.4 Å². The second-order valence-corrected chi connectivity index (χ2v) is 4.97. The predicted molar refractivity (Wildman–Crippen MR) is 78.3 cm³/mol. The van der Waals surface area contributed by atoms with E-state index in [4.69, 9.17) is 5.11 Å². The van der Waals surface area contributed by atoms with E-state index in [1.165, 1.54) is 0 Å². The molecule has 0 bridgehead atoms. The summed E-state index contributed by atoms with van der Waals surface area (Å²) in [5.41, 5.74) is 1.32. The molecule has 2 heterocycles. The summed E-state index contributed by atoms with van der Waals surface area (Å²) in [5, 5.41) is 13.4. The number of aromatic nitrogens is 1. The van der Waals surface area contributed by atoms with Crippen LogP contribution in [0.15, 0.2) is 35.8 Å². The normalized spacial score (nSPS) is 9.65. The van der Waals surface area contributed by atoms with Gasteiger partial charge in [0.25, 0.3) is 5.91 Å². The number of carbonyl (C=O) groups is 1. The van der Waals surface area contributed by atoms with E-state index in [1.54, 1.807) is 35.7 Å². The van der Waals surface area contributed by atoms with Crippen molar-refractivity contribution in [3.8, 4) is 11.8 Å². The molecule has 0 aliphatic carbocycles. The van der Waals surface area contributed by atoms with Crippen LogP contribution in [0.3, 0.4) is 0 Å². The van der Waals surface area contributed by atoms with Gasteiger partial charge in [0.1, 0.15) is 5.69 Å². The Morgan fingerprint density at radius 2 is 2.35 bits per heavy atom. The molecule has 0 saturated carbocycles. The van der Waals surface area contributed by atoms with E-state index in [-0.39, 0.29) is 12.5 Å². The Morgan fingerprint density at radius 1 is 1.45 bits per heavy atom. The minimum Gasteiger partial charge on any atom is -0.395 e. The van der Waals surface area contributed by atoms with Crippen molar-refractivity contribution in [1.29, 1.82) is 0 Å². The molecule has 2 aromatic rings. The molecule has 1 amide bonds. The van der Waals surface area contributed by atoms with Crippen LogP contribution in [0.25, 0.3) is 0 Å². The number of aliphatic hydroxyl groups is 1. The van der Waals surface area contributed by atoms with E-state index < -0.39 is 0 Å². The van der Waals surface area contributed by atoms with Gasteiger partial charge in [-0.1, -0.05) is 17.9 Å². The summed E-state index contributed by atoms with van der Waals surface area (Å²) in [6.07, 6.45) is 2.07. The molecule has 0 aromatic carbocycles. The highest BCUT2D eigenvalue weighted by molar-refractivity contribution is 7.10. The van der Waals surface area contributed by atoms with Crippen molar-refractivity contribution >= 4 is 17.2 Å². The first-order valence-electron chi connectivity index (χ1n) is 6.16. The first-order valence-corrected chi connectivity index (χ1v) is 7.04. The molecule has 0 atom stereocenters. The van der Waals surface area contributed by atoms with Gasteiger partial charge in [0.05, 0.1) is 13.2 Å². The van der Waals surface area contributed by atoms with Crippen LogP contribution in [0.2, 0.25) is 0 Å². The monoisotopic (exact) mass is 286 g/mol. The van der Waals surface area contributed by atoms with Gasteiger partial charge >= 0.3 is 0 Å². The van der Waals surface area contributed by atoms with Crippen LogP contribution in [0.4, 0.5) is 0 Å². The molecule has 4 nitrogen and oxygen atoms in total. The number of rotatable bonds is 4. The first kappa shape index (κ1) is 14.3. The summed E-state index contributed by atoms with van der Waals surface area (Å²) < 4.78 is 0. The Balaban J connectivity index is 1.89. The van der Waals surface area contributed by atoms with Crippen molar-refractivity contribution in [3.63, 3.8) is 0 Å². The zero-order valence-corrected chi connectivity index (χ0v) is 11.6. The second-order valence-electron chi connectivity index (χ2n) is 3.97. The van der Waals surface area contributed by atoms with Gasteiger partial charge in [-0.3, -0.25) is 9.78 Å². The van der Waals surface area contributed by atoms with Crippen LogP contribution in [0.5, 0.6) is 0 Å². The maximum absolute atomic E-state index is 11.8. The van der Waals surface area contributed by atoms with Gasteiger partial charge < -0.3 is 10.4 Å². The summed E-state index contributed by atoms with van der Waals surface area (Å²) in [6.45, 7) is 0.534. The van der Waals surface area contributed by atoms with Crippen molar-refractivity contribution in [2.45, 2.75) is 13.0 Å². The Morgan fingerprint density at radius 3 is 3.10 bits per heavy atom. The fraction of sp³-hybridized carbons (Fsp3) is 0.200. The van der Waals surface area contributed by atoms with Crippen molar-refractivity contribution in [1.82, 2.24) is 10.3 Å². The number of hydrogen-bond donors (Lipinski definition) is 2. The summed E-state index contributed by atoms with van der Waals surface area (Å²) in [4.78, 5) is 16.8. The smallest absolute Gasteiger partial charge is 0.270 e. The number of pyridine rings is 1. The molecule has 5 heteroatoms. The van der Waals surface area contributed by atoms with Crippen molar-refractivity contribution in [3.05, 3.63) is 52.0 Å². The van der Waals surface area contributed by atoms with E-state index in [0.717, 1.165) is 10.4 Å². The van der Waals surface area contributed by atoms with Crippen LogP contribution in [-0.4, -0.2) is 22.6 Å². The number of aliphatic hydroxyl groups excluding tert-OH is 1. The fourth-order valence-corrected chi connectivity index (χ4v) is 2.27. The molecule has 0 spiro atoms. The minimum atomic E-state index is -0.188. The Labute approximate surface area is 121 Å². The molecule has 20 heavy (non-hydrogen) atoms. The highest BCUT2D eigenvalue weighted by atomic mass is 32.1. The van der Waals surface area contributed by atoms with Crippen molar-refractivity contribution in [2.24, 2.45) is 0 Å². The summed E-state index contributed by atoms with van der Waals surface area (Å²) in [5.74, 6) is 5.64. The molecule has 0 radical (unpaired) electrons. The minimum absolute atomic E-state index is 0.0735. The average Bonchev–Trinajstić information content (AvgIpc) is 2.94. The van der Waals surface area contributed by atoms with Crippen LogP contribution in [-0.2, 0) is 6.54 Å². The van der Waals surface area contributed by atoms with E-state index >= 15 is 0 Å². The number of carbonyl (C=O) groups excluding carboxylic acids is 1. The molecule has 0 aliphatic rings. The van der Waals surface area contributed by atoms with Crippen molar-refractivity contribution in [2.75, 3.05) is 6.61 Å². The third-order valence-electron chi connectivity index (χ3n) is 2.44. The van der Waals surface area contributed by atoms with Crippen LogP contribution >= 0.6 is 11.3 Å². The lowest BCUT2D eigenvalue weighted by atomic mass is 10.3. The molecule has 2 N–H and O–H groups in total. The average molecular weight is 286 g/mol. The SMILES string of the molecule is O=C(NCc1cc(C#CCCO)cs1)c1ccccn1. The largest absolute Gasteiger partial charge is 0.395 e. The topological polar surface area (TPSA) is 62.2 Å². The van der Waals surface area contributed by atoms with Gasteiger partial charge in [-0.15, -0.1) is 11.3 Å². The van der Waals surface area contributed by atoms with Gasteiger partial charge in [0, 0.05) is 28.4 Å². The molecule has 0 unspecified atom stereocenters. The lowest BCUT2D eigenvalue weighted by Gasteiger charge is -2.01. The number of nitrogens with zero attached hydrogens (tertiary/aromatic N) is 1. The van der Waals surface area contributed by atoms with Crippen LogP contribution < -0.4 is 5.32 Å². The molecular weight excluding hydrogens is 272 g/mol. The van der Waals surface area contributed by atoms with E-state index in [2.05, 4.69) is 22.1 Å². The third kappa shape index (κ3) is 4.19. The highest BCUT2D eigenvalue weighted by Crippen LogP contribution is 2.13. The third-order valence-corrected chi connectivity index (χ3v) is 3.38. The first-order chi connectivity index (χ1) is 9.79. The van der Waals surface area contributed by atoms with Gasteiger partial charge in [-0.05, 0) is 18.2 Å². The molecular formula is C15H14N2O2S. The Kier molecular flexibility index (Phi) is 5.30. The Hall–Kier alpha value is -2.16. The number of hydrogen-bond acceptors (Lipinski definition) is 4. The highest BCUT2D eigenvalue weighted by Gasteiger charge is 2.06. The van der Waals surface area contributed by atoms with E-state index in [9.17, 15) is 4.79 Å². The van der Waals surface area contributed by atoms with Crippen LogP contribution in [0.1, 0.15) is 27.3 Å². The lowest BCUT2D eigenvalue weighted by Crippen LogP contribution is -2.23. The number of amides is 1. The maximum Gasteiger partial charge on any atom is 0.270 e. The second kappa shape index (κ2) is 7.43. The zero-order valence-electron chi connectivity index (χ0n) is 10.8. The van der Waals surface area contributed by atoms with Gasteiger partial charge in [-0.2, -0.15) is 0 Å². The van der Waals surface area contributed by atoms with E-state index in [0.29, 0.717) is 18.7 Å². The van der Waals surface area contributed by atoms with Gasteiger partial charge in [-0.25, -0.2) is 0 Å². The van der Waals surface area contributed by atoms with Crippen LogP contribution in [0, 0.1) is 11.8 Å². The zero-order chi connectivity index (χ0) is 14.2. The molecule has 0 fully saturated rings. The molecule has 0 aliphatic heterocycles. The summed E-state index contributed by atoms with van der Waals surface area (Å²) in [6, 6.07) is 7.17. The summed E-state index contributed by atoms with van der Waals surface area (Å²) >= 11 is 1.54.